The Morgan fingerprint density at radius 1 is 1.29 bits per heavy atom. The largest absolute Gasteiger partial charge is 0.379 e. The van der Waals surface area contributed by atoms with Crippen LogP contribution in [0.15, 0.2) is 0 Å². The molecule has 0 rings (SSSR count). The van der Waals surface area contributed by atoms with Crippen molar-refractivity contribution in [2.45, 2.75) is 32.3 Å². The minimum absolute atomic E-state index is 0.0112. The van der Waals surface area contributed by atoms with Gasteiger partial charge in [-0.25, -0.2) is 0 Å². The van der Waals surface area contributed by atoms with E-state index in [0.29, 0.717) is 0 Å². The second kappa shape index (κ2) is 7.21. The van der Waals surface area contributed by atoms with E-state index in [9.17, 15) is 0 Å². The Hall–Kier alpha value is -0.120. The number of rotatable bonds is 8. The van der Waals surface area contributed by atoms with Crippen LogP contribution in [-0.2, 0) is 4.74 Å². The average molecular weight is 202 g/mol. The number of ether oxygens (including phenoxy) is 1. The molecule has 0 aliphatic heterocycles. The summed E-state index contributed by atoms with van der Waals surface area (Å²) in [7, 11) is 5.94. The van der Waals surface area contributed by atoms with Gasteiger partial charge in [-0.2, -0.15) is 0 Å². The molecule has 0 bridgehead atoms. The maximum Gasteiger partial charge on any atom is 0.0634 e. The van der Waals surface area contributed by atoms with Gasteiger partial charge in [0, 0.05) is 13.7 Å². The van der Waals surface area contributed by atoms with E-state index in [1.54, 1.807) is 7.11 Å². The van der Waals surface area contributed by atoms with E-state index in [1.165, 1.54) is 6.42 Å². The number of methoxy groups -OCH3 is 1. The van der Waals surface area contributed by atoms with Gasteiger partial charge in [-0.3, -0.25) is 0 Å². The van der Waals surface area contributed by atoms with E-state index < -0.39 is 0 Å². The Morgan fingerprint density at radius 2 is 1.93 bits per heavy atom. The van der Waals surface area contributed by atoms with Crippen LogP contribution in [0, 0.1) is 0 Å². The third-order valence-corrected chi connectivity index (χ3v) is 2.61. The molecule has 0 radical (unpaired) electrons. The second-order valence-corrected chi connectivity index (χ2v) is 4.47. The van der Waals surface area contributed by atoms with Gasteiger partial charge < -0.3 is 15.0 Å². The molecule has 0 aromatic carbocycles. The molecule has 0 unspecified atom stereocenters. The number of hydrogen-bond donors (Lipinski definition) is 1. The van der Waals surface area contributed by atoms with E-state index in [4.69, 9.17) is 4.74 Å². The van der Waals surface area contributed by atoms with Crippen LogP contribution < -0.4 is 5.32 Å². The fourth-order valence-corrected chi connectivity index (χ4v) is 1.20. The fraction of sp³-hybridized carbons (Fsp3) is 1.00. The topological polar surface area (TPSA) is 24.5 Å². The summed E-state index contributed by atoms with van der Waals surface area (Å²) in [6.45, 7) is 7.62. The molecule has 0 spiro atoms. The Bertz CT molecular complexity index is 137. The maximum absolute atomic E-state index is 5.37. The van der Waals surface area contributed by atoms with Crippen molar-refractivity contribution in [3.05, 3.63) is 0 Å². The van der Waals surface area contributed by atoms with Crippen LogP contribution in [0.1, 0.15) is 26.7 Å². The first-order valence-electron chi connectivity index (χ1n) is 5.40. The molecule has 14 heavy (non-hydrogen) atoms. The minimum Gasteiger partial charge on any atom is -0.379 e. The van der Waals surface area contributed by atoms with Crippen LogP contribution in [-0.4, -0.2) is 51.3 Å². The molecule has 0 aliphatic rings. The van der Waals surface area contributed by atoms with Crippen LogP contribution >= 0.6 is 0 Å². The van der Waals surface area contributed by atoms with Crippen LogP contribution in [0.3, 0.4) is 0 Å². The van der Waals surface area contributed by atoms with Gasteiger partial charge in [0.1, 0.15) is 0 Å². The highest BCUT2D eigenvalue weighted by Gasteiger charge is 2.16. The summed E-state index contributed by atoms with van der Waals surface area (Å²) >= 11 is 0. The summed E-state index contributed by atoms with van der Waals surface area (Å²) < 4.78 is 5.37. The zero-order chi connectivity index (χ0) is 11.0. The Balaban J connectivity index is 3.48. The highest BCUT2D eigenvalue weighted by atomic mass is 16.5. The highest BCUT2D eigenvalue weighted by molar-refractivity contribution is 4.69. The molecule has 1 N–H and O–H groups in total. The quantitative estimate of drug-likeness (QED) is 0.601. The van der Waals surface area contributed by atoms with Crippen molar-refractivity contribution < 1.29 is 4.74 Å². The van der Waals surface area contributed by atoms with Gasteiger partial charge in [-0.15, -0.1) is 0 Å². The van der Waals surface area contributed by atoms with Gasteiger partial charge in [0.15, 0.2) is 0 Å². The molecule has 0 amide bonds. The number of hydrogen-bond acceptors (Lipinski definition) is 3. The van der Waals surface area contributed by atoms with Crippen molar-refractivity contribution in [1.29, 1.82) is 0 Å². The lowest BCUT2D eigenvalue weighted by atomic mass is 10.1. The SMILES string of the molecule is CNCCCN(C)CCC(C)(C)OC. The molecule has 0 fully saturated rings. The summed E-state index contributed by atoms with van der Waals surface area (Å²) in [6.07, 6.45) is 2.29. The molecule has 0 aromatic rings. The summed E-state index contributed by atoms with van der Waals surface area (Å²) in [5.41, 5.74) is 0.0112. The summed E-state index contributed by atoms with van der Waals surface area (Å²) in [5, 5.41) is 3.16. The highest BCUT2D eigenvalue weighted by Crippen LogP contribution is 2.12. The first kappa shape index (κ1) is 13.9. The molecule has 0 saturated heterocycles. The van der Waals surface area contributed by atoms with Gasteiger partial charge in [0.25, 0.3) is 0 Å². The molecule has 0 saturated carbocycles. The molecule has 86 valence electrons. The third-order valence-electron chi connectivity index (χ3n) is 2.61. The van der Waals surface area contributed by atoms with Crippen molar-refractivity contribution in [2.75, 3.05) is 40.8 Å². The molecular formula is C11H26N2O. The van der Waals surface area contributed by atoms with Crippen molar-refractivity contribution in [3.63, 3.8) is 0 Å². The Kier molecular flexibility index (Phi) is 7.15. The lowest BCUT2D eigenvalue weighted by Gasteiger charge is -2.26. The van der Waals surface area contributed by atoms with Gasteiger partial charge in [0.05, 0.1) is 5.60 Å². The lowest BCUT2D eigenvalue weighted by molar-refractivity contribution is 0.00911. The summed E-state index contributed by atoms with van der Waals surface area (Å²) in [6, 6.07) is 0. The van der Waals surface area contributed by atoms with E-state index >= 15 is 0 Å². The number of nitrogens with zero attached hydrogens (tertiary/aromatic N) is 1. The van der Waals surface area contributed by atoms with Crippen LogP contribution in [0.5, 0.6) is 0 Å². The van der Waals surface area contributed by atoms with Crippen LogP contribution in [0.2, 0.25) is 0 Å². The second-order valence-electron chi connectivity index (χ2n) is 4.47. The molecular weight excluding hydrogens is 176 g/mol. The van der Waals surface area contributed by atoms with Crippen molar-refractivity contribution in [2.24, 2.45) is 0 Å². The molecule has 0 aromatic heterocycles. The zero-order valence-electron chi connectivity index (χ0n) is 10.4. The molecule has 0 atom stereocenters. The molecule has 0 heterocycles. The first-order chi connectivity index (χ1) is 6.52. The van der Waals surface area contributed by atoms with Gasteiger partial charge in [0.2, 0.25) is 0 Å². The van der Waals surface area contributed by atoms with Crippen molar-refractivity contribution in [3.8, 4) is 0 Å². The predicted molar refractivity (Wildman–Crippen MR) is 61.7 cm³/mol. The maximum atomic E-state index is 5.37. The predicted octanol–water partition coefficient (Wildman–Crippen LogP) is 1.34. The fourth-order valence-electron chi connectivity index (χ4n) is 1.20. The zero-order valence-corrected chi connectivity index (χ0v) is 10.4. The van der Waals surface area contributed by atoms with Crippen molar-refractivity contribution >= 4 is 0 Å². The number of nitrogens with one attached hydrogen (secondary N) is 1. The molecule has 3 heteroatoms. The Morgan fingerprint density at radius 3 is 2.43 bits per heavy atom. The standard InChI is InChI=1S/C11H26N2O/c1-11(2,14-5)7-10-13(4)9-6-8-12-3/h12H,6-10H2,1-5H3. The van der Waals surface area contributed by atoms with Gasteiger partial charge >= 0.3 is 0 Å². The van der Waals surface area contributed by atoms with Gasteiger partial charge in [-0.05, 0) is 53.9 Å². The molecule has 3 nitrogen and oxygen atoms in total. The van der Waals surface area contributed by atoms with Crippen molar-refractivity contribution in [1.82, 2.24) is 10.2 Å². The summed E-state index contributed by atoms with van der Waals surface area (Å²) in [5.74, 6) is 0. The summed E-state index contributed by atoms with van der Waals surface area (Å²) in [4.78, 5) is 2.36. The van der Waals surface area contributed by atoms with Crippen LogP contribution in [0.25, 0.3) is 0 Å². The lowest BCUT2D eigenvalue weighted by Crippen LogP contribution is -2.31. The minimum atomic E-state index is 0.0112. The van der Waals surface area contributed by atoms with Crippen LogP contribution in [0.4, 0.5) is 0 Å². The van der Waals surface area contributed by atoms with E-state index in [1.807, 2.05) is 7.05 Å². The normalized spacial score (nSPS) is 12.4. The molecule has 0 aliphatic carbocycles. The van der Waals surface area contributed by atoms with E-state index in [0.717, 1.165) is 26.1 Å². The van der Waals surface area contributed by atoms with E-state index in [2.05, 4.69) is 31.1 Å². The first-order valence-corrected chi connectivity index (χ1v) is 5.40. The third kappa shape index (κ3) is 7.30. The average Bonchev–Trinajstić information content (AvgIpc) is 2.16. The smallest absolute Gasteiger partial charge is 0.0634 e. The monoisotopic (exact) mass is 202 g/mol. The van der Waals surface area contributed by atoms with Gasteiger partial charge in [-0.1, -0.05) is 0 Å². The Labute approximate surface area is 88.8 Å². The van der Waals surface area contributed by atoms with E-state index in [-0.39, 0.29) is 5.60 Å².